The van der Waals surface area contributed by atoms with Crippen LogP contribution in [-0.4, -0.2) is 6.61 Å². The molecule has 2 fully saturated rings. The maximum absolute atomic E-state index is 14.0. The van der Waals surface area contributed by atoms with Crippen LogP contribution in [0.2, 0.25) is 0 Å². The third kappa shape index (κ3) is 3.17. The minimum atomic E-state index is -0.893. The first kappa shape index (κ1) is 16.2. The lowest BCUT2D eigenvalue weighted by Gasteiger charge is -2.49. The Morgan fingerprint density at radius 1 is 1.09 bits per heavy atom. The van der Waals surface area contributed by atoms with Crippen LogP contribution in [0.1, 0.15) is 46.0 Å². The number of fused-ring (bicyclic) bond motifs is 2. The summed E-state index contributed by atoms with van der Waals surface area (Å²) in [5.74, 6) is 0.422. The molecule has 22 heavy (non-hydrogen) atoms. The first-order valence-electron chi connectivity index (χ1n) is 8.15. The van der Waals surface area contributed by atoms with Crippen molar-refractivity contribution >= 4 is 15.9 Å². The standard InChI is InChI=1S/C18H23BrF2O/c1-11-5-13-6-12(2)8-18(7-11,9-13)10-22-15-4-3-14(19)16(20)17(15)21/h3-4,11-13H,5-10H2,1-2H3. The fourth-order valence-electron chi connectivity index (χ4n) is 4.94. The fourth-order valence-corrected chi connectivity index (χ4v) is 5.24. The van der Waals surface area contributed by atoms with Gasteiger partial charge in [0, 0.05) is 5.41 Å². The van der Waals surface area contributed by atoms with Gasteiger partial charge in [-0.25, -0.2) is 4.39 Å². The Morgan fingerprint density at radius 3 is 2.36 bits per heavy atom. The van der Waals surface area contributed by atoms with Gasteiger partial charge in [0.25, 0.3) is 0 Å². The molecule has 0 aromatic heterocycles. The molecule has 2 aliphatic carbocycles. The minimum absolute atomic E-state index is 0.0306. The van der Waals surface area contributed by atoms with Gasteiger partial charge in [0.1, 0.15) is 0 Å². The van der Waals surface area contributed by atoms with E-state index in [1.54, 1.807) is 0 Å². The minimum Gasteiger partial charge on any atom is -0.490 e. The second-order valence-electron chi connectivity index (χ2n) is 7.62. The van der Waals surface area contributed by atoms with Gasteiger partial charge < -0.3 is 4.74 Å². The first-order valence-corrected chi connectivity index (χ1v) is 8.94. The Bertz CT molecular complexity index is 541. The molecule has 0 spiro atoms. The van der Waals surface area contributed by atoms with E-state index < -0.39 is 11.6 Å². The van der Waals surface area contributed by atoms with Gasteiger partial charge in [0.2, 0.25) is 5.82 Å². The van der Waals surface area contributed by atoms with Gasteiger partial charge in [-0.2, -0.15) is 4.39 Å². The number of halogens is 3. The summed E-state index contributed by atoms with van der Waals surface area (Å²) in [7, 11) is 0. The largest absolute Gasteiger partial charge is 0.490 e. The predicted octanol–water partition coefficient (Wildman–Crippen LogP) is 5.96. The summed E-state index contributed by atoms with van der Waals surface area (Å²) < 4.78 is 33.5. The maximum Gasteiger partial charge on any atom is 0.201 e. The zero-order chi connectivity index (χ0) is 15.9. The van der Waals surface area contributed by atoms with E-state index in [2.05, 4.69) is 29.8 Å². The van der Waals surface area contributed by atoms with Gasteiger partial charge in [-0.05, 0) is 77.9 Å². The van der Waals surface area contributed by atoms with E-state index in [4.69, 9.17) is 4.74 Å². The van der Waals surface area contributed by atoms with E-state index >= 15 is 0 Å². The molecule has 0 heterocycles. The van der Waals surface area contributed by atoms with Crippen LogP contribution in [0, 0.1) is 34.8 Å². The van der Waals surface area contributed by atoms with Crippen molar-refractivity contribution in [2.75, 3.05) is 6.61 Å². The number of benzene rings is 1. The highest BCUT2D eigenvalue weighted by molar-refractivity contribution is 9.10. The molecule has 0 N–H and O–H groups in total. The van der Waals surface area contributed by atoms with Crippen LogP contribution in [0.4, 0.5) is 8.78 Å². The molecule has 2 atom stereocenters. The lowest BCUT2D eigenvalue weighted by molar-refractivity contribution is -0.0174. The van der Waals surface area contributed by atoms with Crippen molar-refractivity contribution in [2.24, 2.45) is 23.2 Å². The Hall–Kier alpha value is -0.640. The molecular weight excluding hydrogens is 350 g/mol. The van der Waals surface area contributed by atoms with Crippen LogP contribution in [0.25, 0.3) is 0 Å². The highest BCUT2D eigenvalue weighted by atomic mass is 79.9. The first-order chi connectivity index (χ1) is 10.4. The van der Waals surface area contributed by atoms with Crippen molar-refractivity contribution in [2.45, 2.75) is 46.0 Å². The molecule has 2 aliphatic rings. The van der Waals surface area contributed by atoms with Gasteiger partial charge in [0.15, 0.2) is 11.6 Å². The third-order valence-electron chi connectivity index (χ3n) is 5.29. The van der Waals surface area contributed by atoms with Crippen molar-refractivity contribution in [3.63, 3.8) is 0 Å². The monoisotopic (exact) mass is 372 g/mol. The maximum atomic E-state index is 14.0. The van der Waals surface area contributed by atoms with Crippen LogP contribution in [0.3, 0.4) is 0 Å². The third-order valence-corrected chi connectivity index (χ3v) is 5.90. The van der Waals surface area contributed by atoms with Gasteiger partial charge in [0.05, 0.1) is 11.1 Å². The smallest absolute Gasteiger partial charge is 0.201 e. The van der Waals surface area contributed by atoms with E-state index in [0.717, 1.165) is 18.8 Å². The van der Waals surface area contributed by atoms with E-state index in [1.165, 1.54) is 31.4 Å². The summed E-state index contributed by atoms with van der Waals surface area (Å²) >= 11 is 2.99. The van der Waals surface area contributed by atoms with Gasteiger partial charge in [-0.3, -0.25) is 0 Å². The molecule has 2 unspecified atom stereocenters. The van der Waals surface area contributed by atoms with E-state index in [9.17, 15) is 8.78 Å². The summed E-state index contributed by atoms with van der Waals surface area (Å²) in [4.78, 5) is 0. The summed E-state index contributed by atoms with van der Waals surface area (Å²) in [5.41, 5.74) is 0.135. The predicted molar refractivity (Wildman–Crippen MR) is 86.9 cm³/mol. The average molecular weight is 373 g/mol. The molecule has 122 valence electrons. The van der Waals surface area contributed by atoms with Crippen molar-refractivity contribution in [1.82, 2.24) is 0 Å². The van der Waals surface area contributed by atoms with E-state index in [1.807, 2.05) is 0 Å². The molecule has 1 aromatic carbocycles. The molecule has 0 aliphatic heterocycles. The number of ether oxygens (including phenoxy) is 1. The molecule has 4 heteroatoms. The van der Waals surface area contributed by atoms with Crippen molar-refractivity contribution in [3.8, 4) is 5.75 Å². The Morgan fingerprint density at radius 2 is 1.73 bits per heavy atom. The number of hydrogen-bond donors (Lipinski definition) is 0. The molecule has 0 saturated heterocycles. The van der Waals surface area contributed by atoms with Gasteiger partial charge in [-0.15, -0.1) is 0 Å². The van der Waals surface area contributed by atoms with Crippen LogP contribution in [-0.2, 0) is 0 Å². The molecule has 2 bridgehead atoms. The van der Waals surface area contributed by atoms with Crippen molar-refractivity contribution in [3.05, 3.63) is 28.2 Å². The van der Waals surface area contributed by atoms with E-state index in [-0.39, 0.29) is 15.6 Å². The normalized spacial score (nSPS) is 34.5. The van der Waals surface area contributed by atoms with Crippen LogP contribution in [0.5, 0.6) is 5.75 Å². The molecule has 2 saturated carbocycles. The van der Waals surface area contributed by atoms with Gasteiger partial charge >= 0.3 is 0 Å². The summed E-state index contributed by atoms with van der Waals surface area (Å²) in [6, 6.07) is 3.01. The number of rotatable bonds is 3. The topological polar surface area (TPSA) is 9.23 Å². The summed E-state index contributed by atoms with van der Waals surface area (Å²) in [6.45, 7) is 5.10. The second kappa shape index (κ2) is 6.10. The molecule has 1 aromatic rings. The quantitative estimate of drug-likeness (QED) is 0.594. The Kier molecular flexibility index (Phi) is 4.50. The molecule has 0 amide bonds. The zero-order valence-electron chi connectivity index (χ0n) is 13.2. The summed E-state index contributed by atoms with van der Waals surface area (Å²) in [6.07, 6.45) is 6.03. The van der Waals surface area contributed by atoms with Gasteiger partial charge in [-0.1, -0.05) is 13.8 Å². The van der Waals surface area contributed by atoms with Crippen molar-refractivity contribution < 1.29 is 13.5 Å². The van der Waals surface area contributed by atoms with Crippen LogP contribution >= 0.6 is 15.9 Å². The average Bonchev–Trinajstić information content (AvgIpc) is 2.42. The molecule has 3 rings (SSSR count). The van der Waals surface area contributed by atoms with E-state index in [0.29, 0.717) is 18.4 Å². The highest BCUT2D eigenvalue weighted by Crippen LogP contribution is 2.52. The SMILES string of the molecule is CC1CC2CC(C)CC(COc3ccc(Br)c(F)c3F)(C1)C2. The Labute approximate surface area is 139 Å². The summed E-state index contributed by atoms with van der Waals surface area (Å²) in [5, 5.41) is 0. The second-order valence-corrected chi connectivity index (χ2v) is 8.48. The highest BCUT2D eigenvalue weighted by Gasteiger charge is 2.44. The molecule has 0 radical (unpaired) electrons. The van der Waals surface area contributed by atoms with Crippen LogP contribution in [0.15, 0.2) is 16.6 Å². The Balaban J connectivity index is 1.76. The molecular formula is C18H23BrF2O. The lowest BCUT2D eigenvalue weighted by Crippen LogP contribution is -2.43. The lowest BCUT2D eigenvalue weighted by atomic mass is 9.57. The number of hydrogen-bond acceptors (Lipinski definition) is 1. The molecule has 1 nitrogen and oxygen atoms in total. The fraction of sp³-hybridized carbons (Fsp3) is 0.667. The van der Waals surface area contributed by atoms with Crippen LogP contribution < -0.4 is 4.74 Å². The zero-order valence-corrected chi connectivity index (χ0v) is 14.8. The van der Waals surface area contributed by atoms with Crippen molar-refractivity contribution in [1.29, 1.82) is 0 Å².